The second kappa shape index (κ2) is 5.89. The Morgan fingerprint density at radius 1 is 1.50 bits per heavy atom. The lowest BCUT2D eigenvalue weighted by Crippen LogP contribution is -2.32. The topological polar surface area (TPSA) is 133 Å². The second-order valence-corrected chi connectivity index (χ2v) is 6.60. The Hall–Kier alpha value is -2.20. The van der Waals surface area contributed by atoms with Gasteiger partial charge in [0.05, 0.1) is 17.6 Å². The first kappa shape index (κ1) is 16.2. The number of carbonyl (C=O) groups excluding carboxylic acids is 1. The normalized spacial score (nSPS) is 18.5. The van der Waals surface area contributed by atoms with Crippen LogP contribution in [-0.2, 0) is 14.8 Å². The van der Waals surface area contributed by atoms with Crippen molar-refractivity contribution in [1.82, 2.24) is 0 Å². The summed E-state index contributed by atoms with van der Waals surface area (Å²) in [6.07, 6.45) is -0.288. The molecule has 1 aliphatic heterocycles. The van der Waals surface area contributed by atoms with Gasteiger partial charge in [-0.1, -0.05) is 0 Å². The summed E-state index contributed by atoms with van der Waals surface area (Å²) in [7, 11) is -3.88. The fraction of sp³-hybridized carbons (Fsp3) is 0.417. The van der Waals surface area contributed by atoms with Crippen LogP contribution in [0.5, 0.6) is 5.75 Å². The first-order valence-electron chi connectivity index (χ1n) is 6.47. The molecule has 1 atom stereocenters. The number of nitrogens with zero attached hydrogens (tertiary/aromatic N) is 2. The molecule has 2 N–H and O–H groups in total. The Morgan fingerprint density at radius 3 is 2.68 bits per heavy atom. The van der Waals surface area contributed by atoms with E-state index in [4.69, 9.17) is 9.88 Å². The maximum Gasteiger partial charge on any atom is 0.296 e. The van der Waals surface area contributed by atoms with Gasteiger partial charge in [0.15, 0.2) is 0 Å². The number of primary sulfonamides is 1. The number of hydrogen-bond donors (Lipinski definition) is 1. The molecule has 0 saturated carbocycles. The van der Waals surface area contributed by atoms with Crippen molar-refractivity contribution >= 4 is 27.3 Å². The van der Waals surface area contributed by atoms with E-state index >= 15 is 0 Å². The minimum Gasteiger partial charge on any atom is -0.494 e. The van der Waals surface area contributed by atoms with E-state index in [1.165, 1.54) is 18.2 Å². The van der Waals surface area contributed by atoms with Crippen LogP contribution in [0.25, 0.3) is 0 Å². The third-order valence-electron chi connectivity index (χ3n) is 3.30. The molecule has 0 aromatic heterocycles. The summed E-state index contributed by atoms with van der Waals surface area (Å²) in [5.74, 6) is -0.223. The number of nitro groups is 1. The Morgan fingerprint density at radius 2 is 2.18 bits per heavy atom. The van der Waals surface area contributed by atoms with Gasteiger partial charge in [0.25, 0.3) is 5.69 Å². The number of anilines is 1. The summed E-state index contributed by atoms with van der Waals surface area (Å²) in [6, 6.07) is 4.06. The number of ether oxygens (including phenoxy) is 1. The highest BCUT2D eigenvalue weighted by molar-refractivity contribution is 7.89. The van der Waals surface area contributed by atoms with Gasteiger partial charge < -0.3 is 9.64 Å². The first-order chi connectivity index (χ1) is 10.2. The molecule has 2 rings (SSSR count). The molecule has 0 aliphatic carbocycles. The fourth-order valence-electron chi connectivity index (χ4n) is 2.26. The lowest BCUT2D eigenvalue weighted by atomic mass is 10.2. The number of benzene rings is 1. The third kappa shape index (κ3) is 3.17. The van der Waals surface area contributed by atoms with Crippen molar-refractivity contribution in [3.8, 4) is 5.75 Å². The predicted molar refractivity (Wildman–Crippen MR) is 78.1 cm³/mol. The van der Waals surface area contributed by atoms with E-state index in [-0.39, 0.29) is 24.3 Å². The SMILES string of the molecule is CCOc1ccc(N2CC(S(N)(=O)=O)CC2=O)c([N+](=O)[O-])c1. The monoisotopic (exact) mass is 329 g/mol. The molecule has 22 heavy (non-hydrogen) atoms. The van der Waals surface area contributed by atoms with Crippen molar-refractivity contribution in [2.24, 2.45) is 5.14 Å². The molecule has 0 bridgehead atoms. The van der Waals surface area contributed by atoms with E-state index in [2.05, 4.69) is 0 Å². The summed E-state index contributed by atoms with van der Waals surface area (Å²) in [6.45, 7) is 1.87. The quantitative estimate of drug-likeness (QED) is 0.613. The van der Waals surface area contributed by atoms with Gasteiger partial charge in [0.2, 0.25) is 15.9 Å². The Labute approximate surface area is 126 Å². The maximum atomic E-state index is 12.0. The van der Waals surface area contributed by atoms with Gasteiger partial charge in [0.1, 0.15) is 16.7 Å². The maximum absolute atomic E-state index is 12.0. The minimum absolute atomic E-state index is 0.0320. The molecule has 1 heterocycles. The smallest absolute Gasteiger partial charge is 0.296 e. The van der Waals surface area contributed by atoms with Gasteiger partial charge in [-0.25, -0.2) is 13.6 Å². The zero-order chi connectivity index (χ0) is 16.5. The Balaban J connectivity index is 2.40. The van der Waals surface area contributed by atoms with Crippen LogP contribution in [0.1, 0.15) is 13.3 Å². The lowest BCUT2D eigenvalue weighted by molar-refractivity contribution is -0.384. The highest BCUT2D eigenvalue weighted by Gasteiger charge is 2.39. The summed E-state index contributed by atoms with van der Waals surface area (Å²) in [5.41, 5.74) is -0.293. The number of sulfonamides is 1. The molecule has 1 saturated heterocycles. The van der Waals surface area contributed by atoms with E-state index in [0.29, 0.717) is 12.4 Å². The van der Waals surface area contributed by atoms with Crippen molar-refractivity contribution < 1.29 is 22.9 Å². The average Bonchev–Trinajstić information content (AvgIpc) is 2.81. The van der Waals surface area contributed by atoms with E-state index in [0.717, 1.165) is 4.90 Å². The van der Waals surface area contributed by atoms with Gasteiger partial charge in [-0.2, -0.15) is 0 Å². The van der Waals surface area contributed by atoms with Crippen LogP contribution < -0.4 is 14.8 Å². The van der Waals surface area contributed by atoms with E-state index < -0.39 is 26.1 Å². The van der Waals surface area contributed by atoms with Crippen molar-refractivity contribution in [1.29, 1.82) is 0 Å². The largest absolute Gasteiger partial charge is 0.494 e. The summed E-state index contributed by atoms with van der Waals surface area (Å²) < 4.78 is 27.9. The van der Waals surface area contributed by atoms with Crippen LogP contribution in [0, 0.1) is 10.1 Å². The third-order valence-corrected chi connectivity index (χ3v) is 4.54. The van der Waals surface area contributed by atoms with Crippen LogP contribution >= 0.6 is 0 Å². The molecule has 1 aromatic carbocycles. The molecular weight excluding hydrogens is 314 g/mol. The molecule has 0 radical (unpaired) electrons. The number of nitrogens with two attached hydrogens (primary N) is 1. The van der Waals surface area contributed by atoms with Gasteiger partial charge in [-0.3, -0.25) is 14.9 Å². The molecule has 1 aromatic rings. The highest BCUT2D eigenvalue weighted by Crippen LogP contribution is 2.35. The standard InChI is InChI=1S/C12H15N3O6S/c1-2-21-8-3-4-10(11(5-8)15(17)18)14-7-9(6-12(14)16)22(13,19)20/h3-5,9H,2,6-7H2,1H3,(H2,13,19,20). The van der Waals surface area contributed by atoms with Crippen LogP contribution in [0.4, 0.5) is 11.4 Å². The van der Waals surface area contributed by atoms with E-state index in [1.54, 1.807) is 6.92 Å². The summed E-state index contributed by atoms with van der Waals surface area (Å²) in [5, 5.41) is 15.2. The van der Waals surface area contributed by atoms with Crippen molar-refractivity contribution in [2.45, 2.75) is 18.6 Å². The summed E-state index contributed by atoms with van der Waals surface area (Å²) in [4.78, 5) is 23.6. The Bertz CT molecular complexity index is 718. The molecule has 9 nitrogen and oxygen atoms in total. The van der Waals surface area contributed by atoms with Crippen molar-refractivity contribution in [3.05, 3.63) is 28.3 Å². The van der Waals surface area contributed by atoms with Crippen molar-refractivity contribution in [2.75, 3.05) is 18.1 Å². The number of hydrogen-bond acceptors (Lipinski definition) is 6. The van der Waals surface area contributed by atoms with E-state index in [1.807, 2.05) is 0 Å². The summed E-state index contributed by atoms with van der Waals surface area (Å²) >= 11 is 0. The van der Waals surface area contributed by atoms with Gasteiger partial charge in [-0.05, 0) is 19.1 Å². The van der Waals surface area contributed by atoms with Gasteiger partial charge in [-0.15, -0.1) is 0 Å². The minimum atomic E-state index is -3.88. The van der Waals surface area contributed by atoms with Crippen LogP contribution in [-0.4, -0.2) is 37.6 Å². The van der Waals surface area contributed by atoms with Crippen LogP contribution in [0.15, 0.2) is 18.2 Å². The van der Waals surface area contributed by atoms with Gasteiger partial charge >= 0.3 is 0 Å². The van der Waals surface area contributed by atoms with Crippen molar-refractivity contribution in [3.63, 3.8) is 0 Å². The molecule has 1 amide bonds. The molecule has 120 valence electrons. The molecule has 1 fully saturated rings. The first-order valence-corrected chi connectivity index (χ1v) is 8.08. The molecular formula is C12H15N3O6S. The number of nitro benzene ring substituents is 1. The average molecular weight is 329 g/mol. The lowest BCUT2D eigenvalue weighted by Gasteiger charge is -2.17. The van der Waals surface area contributed by atoms with Crippen LogP contribution in [0.3, 0.4) is 0 Å². The van der Waals surface area contributed by atoms with E-state index in [9.17, 15) is 23.3 Å². The number of amides is 1. The molecule has 1 unspecified atom stereocenters. The predicted octanol–water partition coefficient (Wildman–Crippen LogP) is 0.387. The Kier molecular flexibility index (Phi) is 4.33. The number of carbonyl (C=O) groups is 1. The fourth-order valence-corrected chi connectivity index (χ4v) is 2.99. The van der Waals surface area contributed by atoms with Crippen LogP contribution in [0.2, 0.25) is 0 Å². The second-order valence-electron chi connectivity index (χ2n) is 4.76. The molecule has 1 aliphatic rings. The molecule has 0 spiro atoms. The molecule has 10 heteroatoms. The van der Waals surface area contributed by atoms with Gasteiger partial charge in [0, 0.05) is 13.0 Å². The zero-order valence-corrected chi connectivity index (χ0v) is 12.6. The number of rotatable bonds is 5. The highest BCUT2D eigenvalue weighted by atomic mass is 32.2. The zero-order valence-electron chi connectivity index (χ0n) is 11.8.